The van der Waals surface area contributed by atoms with Gasteiger partial charge >= 0.3 is 0 Å². The first kappa shape index (κ1) is 16.1. The molecule has 2 aromatic carbocycles. The summed E-state index contributed by atoms with van der Waals surface area (Å²) in [6.45, 7) is 0. The Kier molecular flexibility index (Phi) is 5.63. The van der Waals surface area contributed by atoms with E-state index >= 15 is 0 Å². The van der Waals surface area contributed by atoms with Crippen molar-refractivity contribution in [1.82, 2.24) is 10.9 Å². The van der Waals surface area contributed by atoms with Crippen LogP contribution in [0.4, 0.5) is 5.69 Å². The van der Waals surface area contributed by atoms with E-state index in [2.05, 4.69) is 15.8 Å². The molecule has 22 heavy (non-hydrogen) atoms. The molecule has 0 aliphatic rings. The molecule has 0 saturated heterocycles. The standard InChI is InChI=1S/C15H14Cl2N4O/c16-11-7-4-8-12(17)14(11)19-15(18)21-20-13(22)9-10-5-2-1-3-6-10/h1-8H,9H2,(H,20,22)(H3,18,19,21). The Hall–Kier alpha value is -2.24. The van der Waals surface area contributed by atoms with E-state index in [0.717, 1.165) is 5.56 Å². The van der Waals surface area contributed by atoms with Gasteiger partial charge in [0.2, 0.25) is 11.9 Å². The highest BCUT2D eigenvalue weighted by Gasteiger charge is 2.06. The molecule has 0 aliphatic carbocycles. The lowest BCUT2D eigenvalue weighted by Crippen LogP contribution is -2.46. The molecule has 0 unspecified atom stereocenters. The van der Waals surface area contributed by atoms with Crippen LogP contribution in [0.5, 0.6) is 0 Å². The SMILES string of the molecule is NC(=Nc1c(Cl)cccc1Cl)NNC(=O)Cc1ccccc1. The first-order valence-corrected chi connectivity index (χ1v) is 7.19. The van der Waals surface area contributed by atoms with Crippen LogP contribution >= 0.6 is 23.2 Å². The van der Waals surface area contributed by atoms with Crippen molar-refractivity contribution in [3.05, 3.63) is 64.1 Å². The quantitative estimate of drug-likeness (QED) is 0.458. The molecule has 0 bridgehead atoms. The minimum Gasteiger partial charge on any atom is -0.368 e. The van der Waals surface area contributed by atoms with E-state index in [4.69, 9.17) is 28.9 Å². The highest BCUT2D eigenvalue weighted by atomic mass is 35.5. The molecule has 0 saturated carbocycles. The number of para-hydroxylation sites is 1. The molecule has 0 radical (unpaired) electrons. The number of amides is 1. The van der Waals surface area contributed by atoms with Crippen LogP contribution in [0.1, 0.15) is 5.56 Å². The number of hydrogen-bond acceptors (Lipinski definition) is 2. The molecule has 0 spiro atoms. The molecule has 0 atom stereocenters. The van der Waals surface area contributed by atoms with Gasteiger partial charge in [0.05, 0.1) is 16.5 Å². The molecule has 1 amide bonds. The molecule has 5 nitrogen and oxygen atoms in total. The minimum atomic E-state index is -0.241. The summed E-state index contributed by atoms with van der Waals surface area (Å²) in [6.07, 6.45) is 0.230. The van der Waals surface area contributed by atoms with Gasteiger partial charge < -0.3 is 5.73 Å². The number of aliphatic imine (C=N–C) groups is 1. The summed E-state index contributed by atoms with van der Waals surface area (Å²) in [4.78, 5) is 15.8. The van der Waals surface area contributed by atoms with Gasteiger partial charge in [-0.1, -0.05) is 59.6 Å². The number of benzene rings is 2. The van der Waals surface area contributed by atoms with Crippen molar-refractivity contribution in [3.63, 3.8) is 0 Å². The summed E-state index contributed by atoms with van der Waals surface area (Å²) in [5.41, 5.74) is 11.9. The number of carbonyl (C=O) groups excluding carboxylic acids is 1. The Morgan fingerprint density at radius 1 is 1.00 bits per heavy atom. The van der Waals surface area contributed by atoms with Crippen LogP contribution in [0.2, 0.25) is 10.0 Å². The topological polar surface area (TPSA) is 79.5 Å². The van der Waals surface area contributed by atoms with E-state index in [-0.39, 0.29) is 18.3 Å². The summed E-state index contributed by atoms with van der Waals surface area (Å²) in [5, 5.41) is 0.737. The minimum absolute atomic E-state index is 0.0172. The van der Waals surface area contributed by atoms with E-state index in [1.165, 1.54) is 0 Å². The number of nitrogens with zero attached hydrogens (tertiary/aromatic N) is 1. The molecule has 2 rings (SSSR count). The number of guanidine groups is 1. The fourth-order valence-electron chi connectivity index (χ4n) is 1.70. The van der Waals surface area contributed by atoms with Gasteiger partial charge in [-0.15, -0.1) is 0 Å². The Bertz CT molecular complexity index is 669. The molecular weight excluding hydrogens is 323 g/mol. The molecule has 7 heteroatoms. The Morgan fingerprint density at radius 2 is 1.64 bits per heavy atom. The van der Waals surface area contributed by atoms with Crippen LogP contribution in [0, 0.1) is 0 Å². The maximum Gasteiger partial charge on any atom is 0.242 e. The third-order valence-corrected chi connectivity index (χ3v) is 3.32. The number of nitrogens with one attached hydrogen (secondary N) is 2. The molecule has 0 aliphatic heterocycles. The lowest BCUT2D eigenvalue weighted by atomic mass is 10.1. The van der Waals surface area contributed by atoms with Crippen LogP contribution in [-0.4, -0.2) is 11.9 Å². The van der Waals surface area contributed by atoms with Gasteiger partial charge in [-0.2, -0.15) is 0 Å². The number of hydrazine groups is 1. The number of nitrogens with two attached hydrogens (primary N) is 1. The van der Waals surface area contributed by atoms with Crippen molar-refractivity contribution < 1.29 is 4.79 Å². The monoisotopic (exact) mass is 336 g/mol. The first-order chi connectivity index (χ1) is 10.6. The van der Waals surface area contributed by atoms with Gasteiger partial charge in [0, 0.05) is 0 Å². The second-order valence-corrected chi connectivity index (χ2v) is 5.22. The second-order valence-electron chi connectivity index (χ2n) is 4.40. The van der Waals surface area contributed by atoms with Gasteiger partial charge in [-0.05, 0) is 17.7 Å². The molecule has 0 fully saturated rings. The molecular formula is C15H14Cl2N4O. The van der Waals surface area contributed by atoms with E-state index in [1.54, 1.807) is 18.2 Å². The maximum atomic E-state index is 11.8. The summed E-state index contributed by atoms with van der Waals surface area (Å²) in [5.74, 6) is -0.258. The Balaban J connectivity index is 1.93. The van der Waals surface area contributed by atoms with Crippen molar-refractivity contribution in [1.29, 1.82) is 0 Å². The third-order valence-electron chi connectivity index (χ3n) is 2.71. The van der Waals surface area contributed by atoms with Gasteiger partial charge in [-0.25, -0.2) is 4.99 Å². The molecule has 0 heterocycles. The molecule has 114 valence electrons. The molecule has 0 aromatic heterocycles. The van der Waals surface area contributed by atoms with E-state index in [9.17, 15) is 4.79 Å². The van der Waals surface area contributed by atoms with E-state index in [1.807, 2.05) is 30.3 Å². The van der Waals surface area contributed by atoms with Crippen molar-refractivity contribution in [2.75, 3.05) is 0 Å². The van der Waals surface area contributed by atoms with Crippen molar-refractivity contribution >= 4 is 40.8 Å². The van der Waals surface area contributed by atoms with E-state index in [0.29, 0.717) is 15.7 Å². The fourth-order valence-corrected chi connectivity index (χ4v) is 2.19. The first-order valence-electron chi connectivity index (χ1n) is 6.43. The predicted molar refractivity (Wildman–Crippen MR) is 89.2 cm³/mol. The summed E-state index contributed by atoms with van der Waals surface area (Å²) in [6, 6.07) is 14.3. The van der Waals surface area contributed by atoms with Gasteiger partial charge in [-0.3, -0.25) is 15.6 Å². The zero-order valence-electron chi connectivity index (χ0n) is 11.5. The van der Waals surface area contributed by atoms with E-state index < -0.39 is 0 Å². The average molecular weight is 337 g/mol. The van der Waals surface area contributed by atoms with Gasteiger partial charge in [0.15, 0.2) is 0 Å². The van der Waals surface area contributed by atoms with Crippen LogP contribution in [0.3, 0.4) is 0 Å². The number of rotatable bonds is 3. The highest BCUT2D eigenvalue weighted by Crippen LogP contribution is 2.32. The number of hydrogen-bond donors (Lipinski definition) is 3. The van der Waals surface area contributed by atoms with Crippen LogP contribution in [-0.2, 0) is 11.2 Å². The summed E-state index contributed by atoms with van der Waals surface area (Å²) >= 11 is 12.0. The largest absolute Gasteiger partial charge is 0.368 e. The van der Waals surface area contributed by atoms with Crippen molar-refractivity contribution in [2.24, 2.45) is 10.7 Å². The zero-order valence-corrected chi connectivity index (χ0v) is 13.0. The average Bonchev–Trinajstić information content (AvgIpc) is 2.50. The van der Waals surface area contributed by atoms with Gasteiger partial charge in [0.1, 0.15) is 5.69 Å². The molecule has 2 aromatic rings. The lowest BCUT2D eigenvalue weighted by molar-refractivity contribution is -0.121. The third kappa shape index (κ3) is 4.65. The predicted octanol–water partition coefficient (Wildman–Crippen LogP) is 2.80. The lowest BCUT2D eigenvalue weighted by Gasteiger charge is -2.08. The van der Waals surface area contributed by atoms with Crippen LogP contribution in [0.15, 0.2) is 53.5 Å². The smallest absolute Gasteiger partial charge is 0.242 e. The Morgan fingerprint density at radius 3 is 2.27 bits per heavy atom. The fraction of sp³-hybridized carbons (Fsp3) is 0.0667. The van der Waals surface area contributed by atoms with Crippen LogP contribution < -0.4 is 16.6 Å². The zero-order chi connectivity index (χ0) is 15.9. The Labute approximate surface area is 138 Å². The van der Waals surface area contributed by atoms with Gasteiger partial charge in [0.25, 0.3) is 0 Å². The normalized spacial score (nSPS) is 11.1. The highest BCUT2D eigenvalue weighted by molar-refractivity contribution is 6.38. The van der Waals surface area contributed by atoms with Crippen molar-refractivity contribution in [3.8, 4) is 0 Å². The number of halogens is 2. The summed E-state index contributed by atoms with van der Waals surface area (Å²) < 4.78 is 0. The second kappa shape index (κ2) is 7.68. The summed E-state index contributed by atoms with van der Waals surface area (Å²) in [7, 11) is 0. The van der Waals surface area contributed by atoms with Crippen molar-refractivity contribution in [2.45, 2.75) is 6.42 Å². The van der Waals surface area contributed by atoms with Crippen LogP contribution in [0.25, 0.3) is 0 Å². The maximum absolute atomic E-state index is 11.8. The number of carbonyl (C=O) groups is 1. The molecule has 4 N–H and O–H groups in total.